The van der Waals surface area contributed by atoms with Gasteiger partial charge in [0, 0.05) is 12.7 Å². The van der Waals surface area contributed by atoms with E-state index in [1.54, 1.807) is 25.2 Å². The van der Waals surface area contributed by atoms with Crippen LogP contribution >= 0.6 is 12.2 Å². The van der Waals surface area contributed by atoms with Gasteiger partial charge in [-0.25, -0.2) is 0 Å². The normalized spacial score (nSPS) is 8.86. The zero-order valence-corrected chi connectivity index (χ0v) is 8.48. The lowest BCUT2D eigenvalue weighted by Gasteiger charge is -2.07. The molecule has 0 radical (unpaired) electrons. The molecule has 1 aromatic carbocycles. The van der Waals surface area contributed by atoms with Gasteiger partial charge in [0.15, 0.2) is 5.11 Å². The average Bonchev–Trinajstić information content (AvgIpc) is 2.16. The first kappa shape index (κ1) is 10.3. The fraction of sp³-hybridized carbons (Fsp3) is 0.111. The summed E-state index contributed by atoms with van der Waals surface area (Å²) in [7, 11) is 1.76. The fourth-order valence-electron chi connectivity index (χ4n) is 1.07. The second kappa shape index (κ2) is 4.44. The second-order valence-corrected chi connectivity index (χ2v) is 3.05. The van der Waals surface area contributed by atoms with Crippen LogP contribution in [0.1, 0.15) is 5.56 Å². The van der Waals surface area contributed by atoms with Crippen LogP contribution in [0.2, 0.25) is 0 Å². The maximum Gasteiger partial charge on any atom is 0.168 e. The highest BCUT2D eigenvalue weighted by Crippen LogP contribution is 2.18. The number of hydrogen-bond acceptors (Lipinski definition) is 3. The smallest absolute Gasteiger partial charge is 0.168 e. The molecule has 14 heavy (non-hydrogen) atoms. The molecule has 0 unspecified atom stereocenters. The standard InChI is InChI=1S/C9H10N4S/c1-12-8-3-2-7(13-9(11)14)4-6(8)5-10/h2-4,12H,1H3,(H3,11,13,14). The number of nitrogens with one attached hydrogen (secondary N) is 2. The number of nitrogens with two attached hydrogens (primary N) is 1. The van der Waals surface area contributed by atoms with Crippen molar-refractivity contribution in [2.45, 2.75) is 0 Å². The van der Waals surface area contributed by atoms with Crippen molar-refractivity contribution in [1.82, 2.24) is 0 Å². The van der Waals surface area contributed by atoms with Crippen LogP contribution in [-0.4, -0.2) is 12.2 Å². The Labute approximate surface area is 87.7 Å². The van der Waals surface area contributed by atoms with E-state index in [4.69, 9.17) is 11.0 Å². The molecule has 0 heterocycles. The second-order valence-electron chi connectivity index (χ2n) is 2.61. The number of nitriles is 1. The van der Waals surface area contributed by atoms with Crippen LogP contribution < -0.4 is 16.4 Å². The molecule has 4 nitrogen and oxygen atoms in total. The van der Waals surface area contributed by atoms with Gasteiger partial charge in [-0.05, 0) is 30.4 Å². The van der Waals surface area contributed by atoms with Crippen molar-refractivity contribution in [2.24, 2.45) is 5.73 Å². The Bertz CT molecular complexity index is 394. The molecule has 0 saturated heterocycles. The lowest BCUT2D eigenvalue weighted by atomic mass is 10.1. The number of hydrogen-bond donors (Lipinski definition) is 3. The Morgan fingerprint density at radius 1 is 1.57 bits per heavy atom. The van der Waals surface area contributed by atoms with Crippen LogP contribution in [0, 0.1) is 11.3 Å². The predicted molar refractivity (Wildman–Crippen MR) is 61.1 cm³/mol. The number of anilines is 2. The molecule has 1 rings (SSSR count). The first-order valence-electron chi connectivity index (χ1n) is 3.95. The predicted octanol–water partition coefficient (Wildman–Crippen LogP) is 1.26. The third-order valence-corrected chi connectivity index (χ3v) is 1.78. The molecular formula is C9H10N4S. The molecule has 0 amide bonds. The first-order valence-corrected chi connectivity index (χ1v) is 4.36. The molecule has 4 N–H and O–H groups in total. The van der Waals surface area contributed by atoms with E-state index < -0.39 is 0 Å². The lowest BCUT2D eigenvalue weighted by Crippen LogP contribution is -2.18. The largest absolute Gasteiger partial charge is 0.387 e. The van der Waals surface area contributed by atoms with Gasteiger partial charge in [-0.15, -0.1) is 0 Å². The Balaban J connectivity index is 3.03. The number of rotatable bonds is 2. The minimum atomic E-state index is 0.186. The molecule has 0 aromatic heterocycles. The van der Waals surface area contributed by atoms with Crippen LogP contribution in [0.5, 0.6) is 0 Å². The monoisotopic (exact) mass is 206 g/mol. The van der Waals surface area contributed by atoms with E-state index in [0.717, 1.165) is 5.69 Å². The van der Waals surface area contributed by atoms with Crippen molar-refractivity contribution in [3.63, 3.8) is 0 Å². The van der Waals surface area contributed by atoms with Gasteiger partial charge in [-0.1, -0.05) is 0 Å². The molecule has 0 aliphatic heterocycles. The molecule has 5 heteroatoms. The topological polar surface area (TPSA) is 73.9 Å². The van der Waals surface area contributed by atoms with Gasteiger partial charge < -0.3 is 16.4 Å². The third kappa shape index (κ3) is 2.34. The molecule has 0 spiro atoms. The van der Waals surface area contributed by atoms with Crippen LogP contribution in [0.4, 0.5) is 11.4 Å². The quantitative estimate of drug-likeness (QED) is 0.635. The maximum absolute atomic E-state index is 8.83. The molecule has 0 aliphatic carbocycles. The van der Waals surface area contributed by atoms with Gasteiger partial charge in [0.1, 0.15) is 6.07 Å². The van der Waals surface area contributed by atoms with E-state index in [9.17, 15) is 0 Å². The van der Waals surface area contributed by atoms with Crippen molar-refractivity contribution in [3.05, 3.63) is 23.8 Å². The molecule has 0 fully saturated rings. The van der Waals surface area contributed by atoms with Gasteiger partial charge in [0.25, 0.3) is 0 Å². The van der Waals surface area contributed by atoms with E-state index in [-0.39, 0.29) is 5.11 Å². The minimum Gasteiger partial charge on any atom is -0.387 e. The first-order chi connectivity index (χ1) is 6.67. The fourth-order valence-corrected chi connectivity index (χ4v) is 1.19. The van der Waals surface area contributed by atoms with Crippen molar-refractivity contribution >= 4 is 28.7 Å². The Kier molecular flexibility index (Phi) is 3.26. The molecule has 0 aliphatic rings. The van der Waals surface area contributed by atoms with Crippen LogP contribution in [0.15, 0.2) is 18.2 Å². The highest BCUT2D eigenvalue weighted by Gasteiger charge is 2.01. The number of thiocarbonyl (C=S) groups is 1. The van der Waals surface area contributed by atoms with Crippen molar-refractivity contribution < 1.29 is 0 Å². The zero-order chi connectivity index (χ0) is 10.6. The maximum atomic E-state index is 8.83. The van der Waals surface area contributed by atoms with Crippen molar-refractivity contribution in [2.75, 3.05) is 17.7 Å². The molecule has 0 atom stereocenters. The van der Waals surface area contributed by atoms with Gasteiger partial charge in [0.05, 0.1) is 11.3 Å². The highest BCUT2D eigenvalue weighted by molar-refractivity contribution is 7.80. The summed E-state index contributed by atoms with van der Waals surface area (Å²) in [6, 6.07) is 7.35. The SMILES string of the molecule is CNc1ccc(NC(N)=S)cc1C#N. The summed E-state index contributed by atoms with van der Waals surface area (Å²) in [4.78, 5) is 0. The Morgan fingerprint density at radius 2 is 2.29 bits per heavy atom. The van der Waals surface area contributed by atoms with Crippen LogP contribution in [0.3, 0.4) is 0 Å². The van der Waals surface area contributed by atoms with Gasteiger partial charge in [0.2, 0.25) is 0 Å². The molecule has 72 valence electrons. The average molecular weight is 206 g/mol. The third-order valence-electron chi connectivity index (χ3n) is 1.68. The van der Waals surface area contributed by atoms with E-state index in [0.29, 0.717) is 11.3 Å². The lowest BCUT2D eigenvalue weighted by molar-refractivity contribution is 1.44. The summed E-state index contributed by atoms with van der Waals surface area (Å²) in [6.07, 6.45) is 0. The van der Waals surface area contributed by atoms with E-state index in [2.05, 4.69) is 28.9 Å². The Hall–Kier alpha value is -1.80. The Morgan fingerprint density at radius 3 is 2.79 bits per heavy atom. The van der Waals surface area contributed by atoms with Crippen molar-refractivity contribution in [3.8, 4) is 6.07 Å². The van der Waals surface area contributed by atoms with E-state index in [1.807, 2.05) is 0 Å². The summed E-state index contributed by atoms with van der Waals surface area (Å²) in [5.41, 5.74) is 7.35. The summed E-state index contributed by atoms with van der Waals surface area (Å²) >= 11 is 4.69. The highest BCUT2D eigenvalue weighted by atomic mass is 32.1. The van der Waals surface area contributed by atoms with Crippen molar-refractivity contribution in [1.29, 1.82) is 5.26 Å². The van der Waals surface area contributed by atoms with Gasteiger partial charge in [-0.3, -0.25) is 0 Å². The summed E-state index contributed by atoms with van der Waals surface area (Å²) in [5, 5.41) is 14.7. The molecule has 0 bridgehead atoms. The molecular weight excluding hydrogens is 196 g/mol. The number of benzene rings is 1. The van der Waals surface area contributed by atoms with E-state index >= 15 is 0 Å². The minimum absolute atomic E-state index is 0.186. The van der Waals surface area contributed by atoms with E-state index in [1.165, 1.54) is 0 Å². The summed E-state index contributed by atoms with van der Waals surface area (Å²) < 4.78 is 0. The number of nitrogens with zero attached hydrogens (tertiary/aromatic N) is 1. The zero-order valence-electron chi connectivity index (χ0n) is 7.66. The van der Waals surface area contributed by atoms with Crippen LogP contribution in [0.25, 0.3) is 0 Å². The van der Waals surface area contributed by atoms with Gasteiger partial charge in [-0.2, -0.15) is 5.26 Å². The molecule has 0 saturated carbocycles. The van der Waals surface area contributed by atoms with Crippen LogP contribution in [-0.2, 0) is 0 Å². The van der Waals surface area contributed by atoms with Gasteiger partial charge >= 0.3 is 0 Å². The summed E-state index contributed by atoms with van der Waals surface area (Å²) in [5.74, 6) is 0. The summed E-state index contributed by atoms with van der Waals surface area (Å²) in [6.45, 7) is 0. The molecule has 1 aromatic rings.